The lowest BCUT2D eigenvalue weighted by atomic mass is 10.2. The Morgan fingerprint density at radius 1 is 1.24 bits per heavy atom. The van der Waals surface area contributed by atoms with E-state index in [9.17, 15) is 18.0 Å². The Kier molecular flexibility index (Phi) is 4.13. The molecule has 2 rings (SSSR count). The average Bonchev–Trinajstić information content (AvgIpc) is 2.63. The zero-order chi connectivity index (χ0) is 15.8. The van der Waals surface area contributed by atoms with Gasteiger partial charge in [0.15, 0.2) is 12.0 Å². The van der Waals surface area contributed by atoms with Gasteiger partial charge >= 0.3 is 6.36 Å². The lowest BCUT2D eigenvalue weighted by molar-refractivity contribution is -0.274. The number of aryl methyl sites for hydroxylation is 1. The van der Waals surface area contributed by atoms with Crippen LogP contribution in [0.1, 0.15) is 21.7 Å². The first-order valence-electron chi connectivity index (χ1n) is 5.92. The van der Waals surface area contributed by atoms with Crippen molar-refractivity contribution < 1.29 is 22.7 Å². The number of alkyl halides is 3. The summed E-state index contributed by atoms with van der Waals surface area (Å²) in [5.74, 6) is -0.337. The van der Waals surface area contributed by atoms with Crippen LogP contribution in [0.4, 0.5) is 13.2 Å². The summed E-state index contributed by atoms with van der Waals surface area (Å²) >= 11 is 3.12. The number of carbonyl (C=O) groups excluding carboxylic acids is 1. The monoisotopic (exact) mass is 361 g/mol. The lowest BCUT2D eigenvalue weighted by Crippen LogP contribution is -2.18. The molecule has 1 aromatic heterocycles. The maximum Gasteiger partial charge on any atom is 0.573 e. The Labute approximate surface area is 127 Å². The highest BCUT2D eigenvalue weighted by molar-refractivity contribution is 9.10. The number of aldehydes is 1. The van der Waals surface area contributed by atoms with Crippen LogP contribution in [-0.4, -0.2) is 17.2 Å². The van der Waals surface area contributed by atoms with Gasteiger partial charge in [0.25, 0.3) is 0 Å². The molecule has 1 heterocycles. The number of carbonyl (C=O) groups is 1. The average molecular weight is 362 g/mol. The van der Waals surface area contributed by atoms with Gasteiger partial charge in [-0.05, 0) is 38.1 Å². The summed E-state index contributed by atoms with van der Waals surface area (Å²) in [6, 6.07) is 5.96. The number of aromatic nitrogens is 1. The summed E-state index contributed by atoms with van der Waals surface area (Å²) in [7, 11) is 0. The molecule has 0 unspecified atom stereocenters. The van der Waals surface area contributed by atoms with Crippen LogP contribution in [0.3, 0.4) is 0 Å². The van der Waals surface area contributed by atoms with Crippen molar-refractivity contribution >= 4 is 22.2 Å². The Bertz CT molecular complexity index is 692. The van der Waals surface area contributed by atoms with Crippen molar-refractivity contribution in [2.75, 3.05) is 0 Å². The Hall–Kier alpha value is -1.76. The first-order valence-corrected chi connectivity index (χ1v) is 6.72. The minimum atomic E-state index is -4.79. The molecule has 112 valence electrons. The molecule has 0 saturated carbocycles. The summed E-state index contributed by atoms with van der Waals surface area (Å²) in [6.07, 6.45) is -4.13. The zero-order valence-electron chi connectivity index (χ0n) is 11.2. The molecule has 0 spiro atoms. The molecule has 0 N–H and O–H groups in total. The van der Waals surface area contributed by atoms with Crippen LogP contribution in [-0.2, 0) is 0 Å². The van der Waals surface area contributed by atoms with Gasteiger partial charge < -0.3 is 9.30 Å². The number of hydrogen-bond acceptors (Lipinski definition) is 2. The number of benzene rings is 1. The SMILES string of the molecule is Cc1cc(C=O)c(C)n1-c1ccc(Br)cc1OC(F)(F)F. The zero-order valence-corrected chi connectivity index (χ0v) is 12.7. The number of hydrogen-bond donors (Lipinski definition) is 0. The molecular weight excluding hydrogens is 351 g/mol. The Balaban J connectivity index is 2.64. The van der Waals surface area contributed by atoms with E-state index in [2.05, 4.69) is 20.7 Å². The third-order valence-electron chi connectivity index (χ3n) is 2.99. The van der Waals surface area contributed by atoms with Crippen molar-refractivity contribution in [3.05, 3.63) is 45.7 Å². The highest BCUT2D eigenvalue weighted by Crippen LogP contribution is 2.34. The number of rotatable bonds is 3. The van der Waals surface area contributed by atoms with Gasteiger partial charge in [-0.1, -0.05) is 15.9 Å². The van der Waals surface area contributed by atoms with Gasteiger partial charge in [0, 0.05) is 21.4 Å². The molecule has 0 fully saturated rings. The third kappa shape index (κ3) is 3.29. The Morgan fingerprint density at radius 3 is 2.43 bits per heavy atom. The molecule has 0 amide bonds. The van der Waals surface area contributed by atoms with E-state index < -0.39 is 6.36 Å². The quantitative estimate of drug-likeness (QED) is 0.750. The Morgan fingerprint density at radius 2 is 1.90 bits per heavy atom. The van der Waals surface area contributed by atoms with Gasteiger partial charge in [-0.25, -0.2) is 0 Å². The molecule has 0 saturated heterocycles. The van der Waals surface area contributed by atoms with Crippen LogP contribution >= 0.6 is 15.9 Å². The fraction of sp³-hybridized carbons (Fsp3) is 0.214. The van der Waals surface area contributed by atoms with Crippen LogP contribution in [0.5, 0.6) is 5.75 Å². The fourth-order valence-corrected chi connectivity index (χ4v) is 2.50. The van der Waals surface area contributed by atoms with Crippen LogP contribution in [0, 0.1) is 13.8 Å². The molecule has 0 atom stereocenters. The molecular formula is C14H11BrF3NO2. The second-order valence-corrected chi connectivity index (χ2v) is 5.36. The fourth-order valence-electron chi connectivity index (χ4n) is 2.16. The van der Waals surface area contributed by atoms with E-state index in [4.69, 9.17) is 0 Å². The van der Waals surface area contributed by atoms with E-state index in [1.807, 2.05) is 0 Å². The number of nitrogens with zero attached hydrogens (tertiary/aromatic N) is 1. The van der Waals surface area contributed by atoms with Crippen LogP contribution in [0.15, 0.2) is 28.7 Å². The van der Waals surface area contributed by atoms with Crippen molar-refractivity contribution in [2.24, 2.45) is 0 Å². The molecule has 21 heavy (non-hydrogen) atoms. The molecule has 0 bridgehead atoms. The van der Waals surface area contributed by atoms with Crippen molar-refractivity contribution in [1.29, 1.82) is 0 Å². The lowest BCUT2D eigenvalue weighted by Gasteiger charge is -2.17. The van der Waals surface area contributed by atoms with Gasteiger partial charge in [0.05, 0.1) is 5.69 Å². The summed E-state index contributed by atoms with van der Waals surface area (Å²) in [4.78, 5) is 11.0. The summed E-state index contributed by atoms with van der Waals surface area (Å²) < 4.78 is 43.7. The molecule has 2 aromatic rings. The maximum atomic E-state index is 12.5. The maximum absolute atomic E-state index is 12.5. The largest absolute Gasteiger partial charge is 0.573 e. The predicted molar refractivity (Wildman–Crippen MR) is 75.0 cm³/mol. The van der Waals surface area contributed by atoms with Gasteiger partial charge in [0.1, 0.15) is 0 Å². The molecule has 7 heteroatoms. The second kappa shape index (κ2) is 5.55. The normalized spacial score (nSPS) is 11.5. The molecule has 0 radical (unpaired) electrons. The van der Waals surface area contributed by atoms with Crippen LogP contribution in [0.2, 0.25) is 0 Å². The van der Waals surface area contributed by atoms with E-state index in [-0.39, 0.29) is 11.4 Å². The smallest absolute Gasteiger partial charge is 0.404 e. The molecule has 1 aromatic carbocycles. The number of halogens is 4. The van der Waals surface area contributed by atoms with Crippen LogP contribution < -0.4 is 4.74 Å². The van der Waals surface area contributed by atoms with E-state index in [0.29, 0.717) is 27.7 Å². The summed E-state index contributed by atoms with van der Waals surface area (Å²) in [5.41, 5.74) is 1.84. The van der Waals surface area contributed by atoms with E-state index in [1.54, 1.807) is 30.5 Å². The topological polar surface area (TPSA) is 31.2 Å². The molecule has 0 aliphatic heterocycles. The minimum absolute atomic E-state index is 0.221. The summed E-state index contributed by atoms with van der Waals surface area (Å²) in [6.45, 7) is 3.37. The standard InChI is InChI=1S/C14H11BrF3NO2/c1-8-5-10(7-20)9(2)19(8)12-4-3-11(15)6-13(12)21-14(16,17)18/h3-7H,1-2H3. The van der Waals surface area contributed by atoms with Gasteiger partial charge in [0.2, 0.25) is 0 Å². The summed E-state index contributed by atoms with van der Waals surface area (Å²) in [5, 5.41) is 0. The minimum Gasteiger partial charge on any atom is -0.404 e. The van der Waals surface area contributed by atoms with Gasteiger partial charge in [-0.3, -0.25) is 4.79 Å². The third-order valence-corrected chi connectivity index (χ3v) is 3.48. The highest BCUT2D eigenvalue weighted by Gasteiger charge is 2.32. The molecule has 0 aliphatic rings. The van der Waals surface area contributed by atoms with E-state index >= 15 is 0 Å². The van der Waals surface area contributed by atoms with E-state index in [1.165, 1.54) is 12.1 Å². The van der Waals surface area contributed by atoms with Crippen molar-refractivity contribution in [3.63, 3.8) is 0 Å². The van der Waals surface area contributed by atoms with Gasteiger partial charge in [-0.2, -0.15) is 0 Å². The van der Waals surface area contributed by atoms with Crippen molar-refractivity contribution in [3.8, 4) is 11.4 Å². The molecule has 3 nitrogen and oxygen atoms in total. The van der Waals surface area contributed by atoms with E-state index in [0.717, 1.165) is 0 Å². The number of ether oxygens (including phenoxy) is 1. The predicted octanol–water partition coefficient (Wildman–Crippen LogP) is 4.57. The first-order chi connectivity index (χ1) is 9.73. The molecule has 0 aliphatic carbocycles. The van der Waals surface area contributed by atoms with Crippen molar-refractivity contribution in [2.45, 2.75) is 20.2 Å². The van der Waals surface area contributed by atoms with Gasteiger partial charge in [-0.15, -0.1) is 13.2 Å². The highest BCUT2D eigenvalue weighted by atomic mass is 79.9. The first kappa shape index (κ1) is 15.6. The van der Waals surface area contributed by atoms with Crippen LogP contribution in [0.25, 0.3) is 5.69 Å². The second-order valence-electron chi connectivity index (χ2n) is 4.44. The van der Waals surface area contributed by atoms with Crippen molar-refractivity contribution in [1.82, 2.24) is 4.57 Å².